The second-order valence-corrected chi connectivity index (χ2v) is 6.36. The Morgan fingerprint density at radius 2 is 1.95 bits per heavy atom. The molecule has 1 aromatic rings. The molecule has 3 nitrogen and oxygen atoms in total. The monoisotopic (exact) mass is 276 g/mol. The predicted octanol–water partition coefficient (Wildman–Crippen LogP) is 3.76. The lowest BCUT2D eigenvalue weighted by Crippen LogP contribution is -2.24. The minimum absolute atomic E-state index is 0.176. The molecule has 0 radical (unpaired) electrons. The molecular formula is C17H24O3. The molecule has 0 spiro atoms. The lowest BCUT2D eigenvalue weighted by Gasteiger charge is -2.30. The van der Waals surface area contributed by atoms with E-state index < -0.39 is 12.1 Å². The molecule has 1 saturated carbocycles. The number of aliphatic hydroxyl groups excluding tert-OH is 1. The van der Waals surface area contributed by atoms with E-state index in [4.69, 9.17) is 5.11 Å². The Hall–Kier alpha value is -1.35. The maximum atomic E-state index is 11.1. The second-order valence-electron chi connectivity index (χ2n) is 6.36. The summed E-state index contributed by atoms with van der Waals surface area (Å²) in [6.45, 7) is 4.04. The number of carboxylic acid groups (broad SMARTS) is 1. The van der Waals surface area contributed by atoms with Gasteiger partial charge in [0.2, 0.25) is 0 Å². The van der Waals surface area contributed by atoms with Gasteiger partial charge >= 0.3 is 5.97 Å². The summed E-state index contributed by atoms with van der Waals surface area (Å²) in [7, 11) is 0. The number of aliphatic hydroxyl groups is 1. The van der Waals surface area contributed by atoms with Gasteiger partial charge in [-0.25, -0.2) is 0 Å². The maximum Gasteiger partial charge on any atom is 0.303 e. The van der Waals surface area contributed by atoms with Crippen molar-refractivity contribution >= 4 is 5.97 Å². The van der Waals surface area contributed by atoms with E-state index in [1.165, 1.54) is 5.56 Å². The minimum atomic E-state index is -0.750. The molecule has 1 fully saturated rings. The molecule has 3 heteroatoms. The first-order valence-electron chi connectivity index (χ1n) is 7.39. The van der Waals surface area contributed by atoms with Crippen LogP contribution in [0.15, 0.2) is 18.2 Å². The van der Waals surface area contributed by atoms with Gasteiger partial charge in [0.1, 0.15) is 0 Å². The molecule has 0 amide bonds. The summed E-state index contributed by atoms with van der Waals surface area (Å²) in [5.41, 5.74) is 2.98. The highest BCUT2D eigenvalue weighted by molar-refractivity contribution is 5.67. The number of rotatable bonds is 5. The fourth-order valence-electron chi connectivity index (χ4n) is 3.62. The zero-order chi connectivity index (χ0) is 14.8. The summed E-state index contributed by atoms with van der Waals surface area (Å²) in [6, 6.07) is 6.04. The van der Waals surface area contributed by atoms with E-state index in [1.54, 1.807) is 0 Å². The molecule has 1 aliphatic carbocycles. The molecule has 1 aliphatic rings. The number of aryl methyl sites for hydroxylation is 2. The number of carbonyl (C=O) groups is 1. The van der Waals surface area contributed by atoms with Crippen molar-refractivity contribution < 1.29 is 15.0 Å². The van der Waals surface area contributed by atoms with E-state index in [0.717, 1.165) is 36.8 Å². The van der Waals surface area contributed by atoms with Gasteiger partial charge in [0, 0.05) is 0 Å². The maximum absolute atomic E-state index is 11.1. The van der Waals surface area contributed by atoms with Gasteiger partial charge in [0.05, 0.1) is 12.5 Å². The largest absolute Gasteiger partial charge is 0.481 e. The van der Waals surface area contributed by atoms with Crippen molar-refractivity contribution in [3.8, 4) is 0 Å². The van der Waals surface area contributed by atoms with Crippen molar-refractivity contribution in [2.75, 3.05) is 0 Å². The molecule has 2 N–H and O–H groups in total. The third kappa shape index (κ3) is 3.40. The van der Waals surface area contributed by atoms with E-state index in [-0.39, 0.29) is 11.8 Å². The first-order valence-corrected chi connectivity index (χ1v) is 7.39. The van der Waals surface area contributed by atoms with Gasteiger partial charge in [0.25, 0.3) is 0 Å². The fourth-order valence-corrected chi connectivity index (χ4v) is 3.62. The van der Waals surface area contributed by atoms with Crippen molar-refractivity contribution in [3.63, 3.8) is 0 Å². The quantitative estimate of drug-likeness (QED) is 0.860. The third-order valence-corrected chi connectivity index (χ3v) is 4.60. The van der Waals surface area contributed by atoms with Crippen LogP contribution < -0.4 is 0 Å². The van der Waals surface area contributed by atoms with E-state index in [0.29, 0.717) is 6.42 Å². The highest BCUT2D eigenvalue weighted by atomic mass is 16.4. The lowest BCUT2D eigenvalue weighted by atomic mass is 9.76. The van der Waals surface area contributed by atoms with Crippen molar-refractivity contribution in [2.24, 2.45) is 5.41 Å². The molecule has 20 heavy (non-hydrogen) atoms. The van der Waals surface area contributed by atoms with Crippen LogP contribution in [0.4, 0.5) is 0 Å². The number of hydrogen-bond acceptors (Lipinski definition) is 2. The average Bonchev–Trinajstić information content (AvgIpc) is 2.75. The van der Waals surface area contributed by atoms with Gasteiger partial charge in [0.15, 0.2) is 0 Å². The van der Waals surface area contributed by atoms with Crippen LogP contribution in [0.3, 0.4) is 0 Å². The second kappa shape index (κ2) is 5.96. The molecule has 0 aliphatic heterocycles. The first kappa shape index (κ1) is 15.0. The number of benzene rings is 1. The van der Waals surface area contributed by atoms with Gasteiger partial charge in [-0.3, -0.25) is 4.79 Å². The van der Waals surface area contributed by atoms with E-state index in [9.17, 15) is 9.90 Å². The fraction of sp³-hybridized carbons (Fsp3) is 0.588. The molecule has 0 heterocycles. The molecule has 0 aromatic heterocycles. The smallest absolute Gasteiger partial charge is 0.303 e. The predicted molar refractivity (Wildman–Crippen MR) is 78.6 cm³/mol. The first-order chi connectivity index (χ1) is 9.42. The van der Waals surface area contributed by atoms with Crippen LogP contribution in [0.5, 0.6) is 0 Å². The molecule has 0 saturated heterocycles. The molecule has 1 atom stereocenters. The van der Waals surface area contributed by atoms with Crippen molar-refractivity contribution in [1.29, 1.82) is 0 Å². The van der Waals surface area contributed by atoms with Crippen LogP contribution in [-0.2, 0) is 4.79 Å². The van der Waals surface area contributed by atoms with Crippen LogP contribution in [0.25, 0.3) is 0 Å². The summed E-state index contributed by atoms with van der Waals surface area (Å²) < 4.78 is 0. The Balaban J connectivity index is 2.16. The summed E-state index contributed by atoms with van der Waals surface area (Å²) in [5, 5.41) is 19.7. The van der Waals surface area contributed by atoms with E-state index in [1.807, 2.05) is 26.0 Å². The van der Waals surface area contributed by atoms with Crippen molar-refractivity contribution in [2.45, 2.75) is 58.5 Å². The van der Waals surface area contributed by atoms with Gasteiger partial charge in [-0.2, -0.15) is 0 Å². The van der Waals surface area contributed by atoms with E-state index in [2.05, 4.69) is 6.07 Å². The van der Waals surface area contributed by atoms with Gasteiger partial charge in [-0.1, -0.05) is 36.6 Å². The number of hydrogen-bond donors (Lipinski definition) is 2. The SMILES string of the molecule is Cc1ccc(C(O)CC2(CC(=O)O)CCCC2)c(C)c1. The molecule has 2 rings (SSSR count). The van der Waals surface area contributed by atoms with Crippen LogP contribution >= 0.6 is 0 Å². The van der Waals surface area contributed by atoms with Gasteiger partial charge in [-0.15, -0.1) is 0 Å². The molecule has 0 bridgehead atoms. The Kier molecular flexibility index (Phi) is 4.48. The summed E-state index contributed by atoms with van der Waals surface area (Å²) in [4.78, 5) is 11.1. The minimum Gasteiger partial charge on any atom is -0.481 e. The molecule has 1 aromatic carbocycles. The Bertz CT molecular complexity index is 487. The highest BCUT2D eigenvalue weighted by Gasteiger charge is 2.38. The standard InChI is InChI=1S/C17H24O3/c1-12-5-6-14(13(2)9-12)15(18)10-17(11-16(19)20)7-3-4-8-17/h5-6,9,15,18H,3-4,7-8,10-11H2,1-2H3,(H,19,20). The zero-order valence-corrected chi connectivity index (χ0v) is 12.4. The van der Waals surface area contributed by atoms with Crippen LogP contribution in [0.2, 0.25) is 0 Å². The van der Waals surface area contributed by atoms with Gasteiger partial charge in [-0.05, 0) is 49.7 Å². The average molecular weight is 276 g/mol. The van der Waals surface area contributed by atoms with Gasteiger partial charge < -0.3 is 10.2 Å². The molecular weight excluding hydrogens is 252 g/mol. The Morgan fingerprint density at radius 3 is 2.50 bits per heavy atom. The Morgan fingerprint density at radius 1 is 1.30 bits per heavy atom. The van der Waals surface area contributed by atoms with Crippen LogP contribution in [-0.4, -0.2) is 16.2 Å². The topological polar surface area (TPSA) is 57.5 Å². The summed E-state index contributed by atoms with van der Waals surface area (Å²) >= 11 is 0. The summed E-state index contributed by atoms with van der Waals surface area (Å²) in [6.07, 6.45) is 4.16. The molecule has 110 valence electrons. The third-order valence-electron chi connectivity index (χ3n) is 4.60. The van der Waals surface area contributed by atoms with Crippen molar-refractivity contribution in [3.05, 3.63) is 34.9 Å². The zero-order valence-electron chi connectivity index (χ0n) is 12.4. The number of aliphatic carboxylic acids is 1. The van der Waals surface area contributed by atoms with Crippen LogP contribution in [0.1, 0.15) is 61.3 Å². The summed E-state index contributed by atoms with van der Waals surface area (Å²) in [5.74, 6) is -0.750. The van der Waals surface area contributed by atoms with Crippen LogP contribution in [0, 0.1) is 19.3 Å². The lowest BCUT2D eigenvalue weighted by molar-refractivity contribution is -0.140. The van der Waals surface area contributed by atoms with E-state index >= 15 is 0 Å². The van der Waals surface area contributed by atoms with Crippen molar-refractivity contribution in [1.82, 2.24) is 0 Å². The molecule has 1 unspecified atom stereocenters. The Labute approximate surface area is 120 Å². The number of carboxylic acids is 1. The normalized spacial score (nSPS) is 18.9. The highest BCUT2D eigenvalue weighted by Crippen LogP contribution is 2.47.